The van der Waals surface area contributed by atoms with Gasteiger partial charge in [-0.25, -0.2) is 9.78 Å². The predicted octanol–water partition coefficient (Wildman–Crippen LogP) is 2.40. The first-order valence-electron chi connectivity index (χ1n) is 5.61. The van der Waals surface area contributed by atoms with Gasteiger partial charge in [0.15, 0.2) is 0 Å². The molecule has 1 aromatic heterocycles. The SMILES string of the molecule is O=C(Oc1ccccn1)OC1CC2CC2C1. The van der Waals surface area contributed by atoms with Crippen molar-refractivity contribution in [3.63, 3.8) is 0 Å². The lowest BCUT2D eigenvalue weighted by atomic mass is 10.2. The van der Waals surface area contributed by atoms with Crippen LogP contribution in [-0.4, -0.2) is 17.2 Å². The van der Waals surface area contributed by atoms with Gasteiger partial charge < -0.3 is 9.47 Å². The number of carbonyl (C=O) groups excluding carboxylic acids is 1. The molecule has 16 heavy (non-hydrogen) atoms. The summed E-state index contributed by atoms with van der Waals surface area (Å²) in [5.41, 5.74) is 0. The normalized spacial score (nSPS) is 30.6. The van der Waals surface area contributed by atoms with Crippen LogP contribution in [0.1, 0.15) is 19.3 Å². The first kappa shape index (κ1) is 9.63. The van der Waals surface area contributed by atoms with Crippen molar-refractivity contribution < 1.29 is 14.3 Å². The van der Waals surface area contributed by atoms with Crippen LogP contribution in [0.5, 0.6) is 5.88 Å². The lowest BCUT2D eigenvalue weighted by Crippen LogP contribution is -2.19. The number of hydrogen-bond acceptors (Lipinski definition) is 4. The van der Waals surface area contributed by atoms with Crippen LogP contribution in [-0.2, 0) is 4.74 Å². The first-order chi connectivity index (χ1) is 7.81. The maximum atomic E-state index is 11.4. The molecule has 2 unspecified atom stereocenters. The molecule has 2 aliphatic rings. The number of hydrogen-bond donors (Lipinski definition) is 0. The zero-order valence-corrected chi connectivity index (χ0v) is 8.83. The largest absolute Gasteiger partial charge is 0.515 e. The maximum Gasteiger partial charge on any atom is 0.515 e. The summed E-state index contributed by atoms with van der Waals surface area (Å²) in [6.45, 7) is 0. The van der Waals surface area contributed by atoms with E-state index in [-0.39, 0.29) is 12.0 Å². The number of carbonyl (C=O) groups is 1. The van der Waals surface area contributed by atoms with Crippen molar-refractivity contribution in [1.29, 1.82) is 0 Å². The Balaban J connectivity index is 1.50. The molecule has 0 amide bonds. The second-order valence-corrected chi connectivity index (χ2v) is 4.49. The van der Waals surface area contributed by atoms with E-state index in [9.17, 15) is 4.79 Å². The summed E-state index contributed by atoms with van der Waals surface area (Å²) in [5, 5.41) is 0. The highest BCUT2D eigenvalue weighted by Crippen LogP contribution is 2.52. The Hall–Kier alpha value is -1.58. The molecule has 1 heterocycles. The van der Waals surface area contributed by atoms with Gasteiger partial charge in [-0.1, -0.05) is 6.07 Å². The summed E-state index contributed by atoms with van der Waals surface area (Å²) in [5.74, 6) is 1.89. The van der Waals surface area contributed by atoms with Crippen molar-refractivity contribution in [3.05, 3.63) is 24.4 Å². The molecule has 0 N–H and O–H groups in total. The van der Waals surface area contributed by atoms with Crippen molar-refractivity contribution in [2.24, 2.45) is 11.8 Å². The van der Waals surface area contributed by atoms with Crippen LogP contribution < -0.4 is 4.74 Å². The summed E-state index contributed by atoms with van der Waals surface area (Å²) >= 11 is 0. The van der Waals surface area contributed by atoms with Gasteiger partial charge in [-0.2, -0.15) is 0 Å². The molecule has 2 fully saturated rings. The van der Waals surface area contributed by atoms with E-state index in [4.69, 9.17) is 9.47 Å². The number of nitrogens with zero attached hydrogens (tertiary/aromatic N) is 1. The molecule has 0 saturated heterocycles. The highest BCUT2D eigenvalue weighted by Gasteiger charge is 2.47. The van der Waals surface area contributed by atoms with E-state index in [0.29, 0.717) is 0 Å². The zero-order valence-electron chi connectivity index (χ0n) is 8.83. The van der Waals surface area contributed by atoms with Gasteiger partial charge in [0.25, 0.3) is 0 Å². The highest BCUT2D eigenvalue weighted by atomic mass is 16.7. The van der Waals surface area contributed by atoms with E-state index in [1.54, 1.807) is 24.4 Å². The molecule has 4 heteroatoms. The molecule has 1 aromatic rings. The standard InChI is InChI=1S/C12H13NO3/c14-12(16-11-3-1-2-4-13-11)15-10-6-8-5-9(8)7-10/h1-4,8-10H,5-7H2. The molecular formula is C12H13NO3. The maximum absolute atomic E-state index is 11.4. The van der Waals surface area contributed by atoms with Gasteiger partial charge in [-0.15, -0.1) is 0 Å². The third-order valence-electron chi connectivity index (χ3n) is 3.29. The Morgan fingerprint density at radius 3 is 2.75 bits per heavy atom. The Morgan fingerprint density at radius 1 is 1.25 bits per heavy atom. The van der Waals surface area contributed by atoms with E-state index in [1.807, 2.05) is 0 Å². The van der Waals surface area contributed by atoms with Gasteiger partial charge in [-0.3, -0.25) is 0 Å². The summed E-state index contributed by atoms with van der Waals surface area (Å²) in [6, 6.07) is 5.16. The summed E-state index contributed by atoms with van der Waals surface area (Å²) in [4.78, 5) is 15.3. The van der Waals surface area contributed by atoms with E-state index >= 15 is 0 Å². The molecule has 84 valence electrons. The molecule has 0 aromatic carbocycles. The zero-order chi connectivity index (χ0) is 11.0. The van der Waals surface area contributed by atoms with E-state index in [0.717, 1.165) is 24.7 Å². The average Bonchev–Trinajstić information content (AvgIpc) is 2.88. The number of fused-ring (bicyclic) bond motifs is 1. The third-order valence-corrected chi connectivity index (χ3v) is 3.29. The second-order valence-electron chi connectivity index (χ2n) is 4.49. The van der Waals surface area contributed by atoms with Gasteiger partial charge in [0.05, 0.1) is 0 Å². The summed E-state index contributed by atoms with van der Waals surface area (Å²) in [6.07, 6.45) is 4.32. The lowest BCUT2D eigenvalue weighted by Gasteiger charge is -2.12. The minimum atomic E-state index is -0.634. The molecule has 0 spiro atoms. The number of rotatable bonds is 2. The van der Waals surface area contributed by atoms with Crippen LogP contribution in [0.2, 0.25) is 0 Å². The fourth-order valence-electron chi connectivity index (χ4n) is 2.41. The van der Waals surface area contributed by atoms with Crippen LogP contribution in [0.3, 0.4) is 0 Å². The van der Waals surface area contributed by atoms with Crippen LogP contribution in [0, 0.1) is 11.8 Å². The monoisotopic (exact) mass is 219 g/mol. The van der Waals surface area contributed by atoms with Crippen LogP contribution in [0.25, 0.3) is 0 Å². The average molecular weight is 219 g/mol. The van der Waals surface area contributed by atoms with E-state index in [2.05, 4.69) is 4.98 Å². The second kappa shape index (κ2) is 3.77. The molecule has 2 aliphatic carbocycles. The van der Waals surface area contributed by atoms with Crippen molar-refractivity contribution >= 4 is 6.16 Å². The molecule has 2 saturated carbocycles. The Labute approximate surface area is 93.6 Å². The van der Waals surface area contributed by atoms with Crippen molar-refractivity contribution in [2.75, 3.05) is 0 Å². The van der Waals surface area contributed by atoms with Crippen molar-refractivity contribution in [1.82, 2.24) is 4.98 Å². The molecule has 0 bridgehead atoms. The van der Waals surface area contributed by atoms with Crippen molar-refractivity contribution in [2.45, 2.75) is 25.4 Å². The highest BCUT2D eigenvalue weighted by molar-refractivity contribution is 5.63. The predicted molar refractivity (Wildman–Crippen MR) is 56.0 cm³/mol. The molecule has 4 nitrogen and oxygen atoms in total. The summed E-state index contributed by atoms with van der Waals surface area (Å²) in [7, 11) is 0. The van der Waals surface area contributed by atoms with Gasteiger partial charge in [0, 0.05) is 12.3 Å². The Kier molecular flexibility index (Phi) is 2.27. The van der Waals surface area contributed by atoms with E-state index < -0.39 is 6.16 Å². The number of aromatic nitrogens is 1. The first-order valence-corrected chi connectivity index (χ1v) is 5.61. The van der Waals surface area contributed by atoms with Crippen molar-refractivity contribution in [3.8, 4) is 5.88 Å². The third kappa shape index (κ3) is 2.01. The minimum Gasteiger partial charge on any atom is -0.431 e. The van der Waals surface area contributed by atoms with Gasteiger partial charge in [-0.05, 0) is 37.2 Å². The molecule has 2 atom stereocenters. The van der Waals surface area contributed by atoms with Crippen LogP contribution in [0.4, 0.5) is 4.79 Å². The Bertz CT molecular complexity index is 383. The topological polar surface area (TPSA) is 48.4 Å². The minimum absolute atomic E-state index is 0.0555. The molecule has 0 radical (unpaired) electrons. The fraction of sp³-hybridized carbons (Fsp3) is 0.500. The van der Waals surface area contributed by atoms with Gasteiger partial charge >= 0.3 is 6.16 Å². The fourth-order valence-corrected chi connectivity index (χ4v) is 2.41. The Morgan fingerprint density at radius 2 is 2.06 bits per heavy atom. The van der Waals surface area contributed by atoms with E-state index in [1.165, 1.54) is 6.42 Å². The van der Waals surface area contributed by atoms with Crippen LogP contribution in [0.15, 0.2) is 24.4 Å². The smallest absolute Gasteiger partial charge is 0.431 e. The van der Waals surface area contributed by atoms with Gasteiger partial charge in [0.1, 0.15) is 6.10 Å². The number of ether oxygens (including phenoxy) is 2. The van der Waals surface area contributed by atoms with Gasteiger partial charge in [0.2, 0.25) is 5.88 Å². The summed E-state index contributed by atoms with van der Waals surface area (Å²) < 4.78 is 10.2. The van der Waals surface area contributed by atoms with Crippen LogP contribution >= 0.6 is 0 Å². The molecule has 3 rings (SSSR count). The lowest BCUT2D eigenvalue weighted by molar-refractivity contribution is 0.0550. The molecular weight excluding hydrogens is 206 g/mol. The number of pyridine rings is 1. The molecule has 0 aliphatic heterocycles. The quantitative estimate of drug-likeness (QED) is 0.716.